The summed E-state index contributed by atoms with van der Waals surface area (Å²) in [7, 11) is 0. The zero-order valence-electron chi connectivity index (χ0n) is 17.0. The normalized spacial score (nSPS) is 11.5. The number of hydrogen-bond acceptors (Lipinski definition) is 5. The maximum absolute atomic E-state index is 12.6. The lowest BCUT2D eigenvalue weighted by molar-refractivity contribution is 0.0500. The second-order valence-electron chi connectivity index (χ2n) is 6.79. The van der Waals surface area contributed by atoms with E-state index in [2.05, 4.69) is 25.8 Å². The van der Waals surface area contributed by atoms with Gasteiger partial charge in [0.15, 0.2) is 5.82 Å². The van der Waals surface area contributed by atoms with Crippen LogP contribution in [0.25, 0.3) is 0 Å². The minimum Gasteiger partial charge on any atom is -0.462 e. The topological polar surface area (TPSA) is 109 Å². The van der Waals surface area contributed by atoms with Crippen LogP contribution >= 0.6 is 0 Å². The van der Waals surface area contributed by atoms with Gasteiger partial charge in [0.05, 0.1) is 12.2 Å². The fourth-order valence-electron chi connectivity index (χ4n) is 2.81. The molecule has 1 unspecified atom stereocenters. The number of esters is 1. The summed E-state index contributed by atoms with van der Waals surface area (Å²) in [5.41, 5.74) is 1.85. The summed E-state index contributed by atoms with van der Waals surface area (Å²) in [6.07, 6.45) is 1.79. The van der Waals surface area contributed by atoms with Gasteiger partial charge in [-0.3, -0.25) is 5.10 Å². The Balaban J connectivity index is 1.65. The van der Waals surface area contributed by atoms with Gasteiger partial charge < -0.3 is 15.4 Å². The molecule has 3 N–H and O–H groups in total. The molecular formula is C22H25N5O3. The molecule has 3 rings (SSSR count). The van der Waals surface area contributed by atoms with Crippen LogP contribution in [0.15, 0.2) is 54.6 Å². The number of amides is 2. The van der Waals surface area contributed by atoms with E-state index in [-0.39, 0.29) is 5.97 Å². The zero-order valence-corrected chi connectivity index (χ0v) is 17.0. The molecule has 1 heterocycles. The molecule has 0 saturated carbocycles. The number of rotatable bonds is 8. The third-order valence-electron chi connectivity index (χ3n) is 4.39. The average molecular weight is 407 g/mol. The molecule has 2 aromatic carbocycles. The van der Waals surface area contributed by atoms with E-state index in [0.717, 1.165) is 18.4 Å². The van der Waals surface area contributed by atoms with Crippen LogP contribution in [0.4, 0.5) is 10.5 Å². The molecule has 0 bridgehead atoms. The van der Waals surface area contributed by atoms with Gasteiger partial charge >= 0.3 is 12.0 Å². The first-order chi connectivity index (χ1) is 14.6. The van der Waals surface area contributed by atoms with Crippen molar-refractivity contribution in [2.45, 2.75) is 32.7 Å². The van der Waals surface area contributed by atoms with Crippen LogP contribution in [0.1, 0.15) is 53.4 Å². The summed E-state index contributed by atoms with van der Waals surface area (Å²) < 4.78 is 5.19. The molecule has 1 atom stereocenters. The van der Waals surface area contributed by atoms with Crippen molar-refractivity contribution in [3.05, 3.63) is 77.4 Å². The molecule has 0 radical (unpaired) electrons. The fourth-order valence-corrected chi connectivity index (χ4v) is 2.81. The average Bonchev–Trinajstić information content (AvgIpc) is 3.19. The highest BCUT2D eigenvalue weighted by Crippen LogP contribution is 2.19. The number of anilines is 1. The Hall–Kier alpha value is -3.68. The quantitative estimate of drug-likeness (QED) is 0.386. The molecule has 8 heteroatoms. The van der Waals surface area contributed by atoms with Crippen LogP contribution in [0.5, 0.6) is 0 Å². The van der Waals surface area contributed by atoms with Crippen LogP contribution < -0.4 is 10.6 Å². The molecule has 0 aliphatic rings. The van der Waals surface area contributed by atoms with Crippen LogP contribution in [0, 0.1) is 6.92 Å². The van der Waals surface area contributed by atoms with E-state index in [0.29, 0.717) is 29.5 Å². The van der Waals surface area contributed by atoms with E-state index < -0.39 is 12.1 Å². The first kappa shape index (κ1) is 21.0. The summed E-state index contributed by atoms with van der Waals surface area (Å²) in [6.45, 7) is 4.23. The number of urea groups is 1. The number of aryl methyl sites for hydroxylation is 1. The molecule has 2 amide bonds. The van der Waals surface area contributed by atoms with Gasteiger partial charge in [-0.25, -0.2) is 14.6 Å². The Bertz CT molecular complexity index is 970. The predicted octanol–water partition coefficient (Wildman–Crippen LogP) is 3.98. The number of hydrogen-bond donors (Lipinski definition) is 3. The smallest absolute Gasteiger partial charge is 0.338 e. The largest absolute Gasteiger partial charge is 0.462 e. The molecule has 8 nitrogen and oxygen atoms in total. The SMILES string of the molecule is CCCCOC(=O)c1ccc(NC(=O)NC(c2ccccc2)c2n[nH]c(C)n2)cc1. The van der Waals surface area contributed by atoms with Crippen molar-refractivity contribution in [2.75, 3.05) is 11.9 Å². The van der Waals surface area contributed by atoms with Gasteiger partial charge in [-0.2, -0.15) is 5.10 Å². The van der Waals surface area contributed by atoms with Crippen molar-refractivity contribution >= 4 is 17.7 Å². The van der Waals surface area contributed by atoms with Gasteiger partial charge in [-0.15, -0.1) is 0 Å². The second-order valence-corrected chi connectivity index (χ2v) is 6.79. The van der Waals surface area contributed by atoms with E-state index in [1.54, 1.807) is 31.2 Å². The van der Waals surface area contributed by atoms with E-state index in [4.69, 9.17) is 4.74 Å². The third-order valence-corrected chi connectivity index (χ3v) is 4.39. The maximum atomic E-state index is 12.6. The van der Waals surface area contributed by atoms with Crippen LogP contribution in [0.3, 0.4) is 0 Å². The van der Waals surface area contributed by atoms with E-state index >= 15 is 0 Å². The monoisotopic (exact) mass is 407 g/mol. The Morgan fingerprint density at radius 1 is 1.10 bits per heavy atom. The molecule has 0 saturated heterocycles. The highest BCUT2D eigenvalue weighted by atomic mass is 16.5. The molecule has 3 aromatic rings. The lowest BCUT2D eigenvalue weighted by Gasteiger charge is -2.17. The summed E-state index contributed by atoms with van der Waals surface area (Å²) in [5.74, 6) is 0.761. The summed E-state index contributed by atoms with van der Waals surface area (Å²) in [6, 6.07) is 15.1. The van der Waals surface area contributed by atoms with Crippen molar-refractivity contribution in [1.29, 1.82) is 0 Å². The van der Waals surface area contributed by atoms with E-state index in [9.17, 15) is 9.59 Å². The first-order valence-corrected chi connectivity index (χ1v) is 9.85. The van der Waals surface area contributed by atoms with Crippen LogP contribution in [-0.4, -0.2) is 33.8 Å². The van der Waals surface area contributed by atoms with Crippen molar-refractivity contribution in [2.24, 2.45) is 0 Å². The Kier molecular flexibility index (Phi) is 7.15. The third kappa shape index (κ3) is 5.66. The number of nitrogens with zero attached hydrogens (tertiary/aromatic N) is 2. The minimum absolute atomic E-state index is 0.372. The van der Waals surface area contributed by atoms with Gasteiger partial charge in [0.1, 0.15) is 11.9 Å². The minimum atomic E-state index is -0.510. The summed E-state index contributed by atoms with van der Waals surface area (Å²) in [4.78, 5) is 28.9. The maximum Gasteiger partial charge on any atom is 0.338 e. The molecule has 0 aliphatic carbocycles. The predicted molar refractivity (Wildman–Crippen MR) is 113 cm³/mol. The van der Waals surface area contributed by atoms with Crippen molar-refractivity contribution < 1.29 is 14.3 Å². The number of unbranched alkanes of at least 4 members (excludes halogenated alkanes) is 1. The molecule has 1 aromatic heterocycles. The van der Waals surface area contributed by atoms with Crippen LogP contribution in [-0.2, 0) is 4.74 Å². The number of aromatic nitrogens is 3. The highest BCUT2D eigenvalue weighted by Gasteiger charge is 2.21. The van der Waals surface area contributed by atoms with Gasteiger partial charge in [0.25, 0.3) is 0 Å². The van der Waals surface area contributed by atoms with Gasteiger partial charge in [0.2, 0.25) is 0 Å². The lowest BCUT2D eigenvalue weighted by atomic mass is 10.1. The van der Waals surface area contributed by atoms with Crippen LogP contribution in [0.2, 0.25) is 0 Å². The Labute approximate surface area is 175 Å². The number of aromatic amines is 1. The first-order valence-electron chi connectivity index (χ1n) is 9.85. The van der Waals surface area contributed by atoms with Crippen molar-refractivity contribution in [3.63, 3.8) is 0 Å². The fraction of sp³-hybridized carbons (Fsp3) is 0.273. The summed E-state index contributed by atoms with van der Waals surface area (Å²) in [5, 5.41) is 12.7. The molecular weight excluding hydrogens is 382 g/mol. The highest BCUT2D eigenvalue weighted by molar-refractivity contribution is 5.92. The van der Waals surface area contributed by atoms with Gasteiger partial charge in [0, 0.05) is 5.69 Å². The Morgan fingerprint density at radius 2 is 1.83 bits per heavy atom. The number of benzene rings is 2. The summed E-state index contributed by atoms with van der Waals surface area (Å²) >= 11 is 0. The van der Waals surface area contributed by atoms with Crippen molar-refractivity contribution in [3.8, 4) is 0 Å². The molecule has 156 valence electrons. The number of H-pyrrole nitrogens is 1. The van der Waals surface area contributed by atoms with E-state index in [1.807, 2.05) is 37.3 Å². The second kappa shape index (κ2) is 10.2. The van der Waals surface area contributed by atoms with Gasteiger partial charge in [-0.1, -0.05) is 43.7 Å². The molecule has 0 aliphatic heterocycles. The van der Waals surface area contributed by atoms with Crippen molar-refractivity contribution in [1.82, 2.24) is 20.5 Å². The van der Waals surface area contributed by atoms with Gasteiger partial charge in [-0.05, 0) is 43.2 Å². The number of ether oxygens (including phenoxy) is 1. The van der Waals surface area contributed by atoms with E-state index in [1.165, 1.54) is 0 Å². The zero-order chi connectivity index (χ0) is 21.3. The number of nitrogens with one attached hydrogen (secondary N) is 3. The standard InChI is InChI=1S/C22H25N5O3/c1-3-4-14-30-21(28)17-10-12-18(13-11-17)24-22(29)25-19(16-8-6-5-7-9-16)20-23-15(2)26-27-20/h5-13,19H,3-4,14H2,1-2H3,(H,23,26,27)(H2,24,25,29). The molecule has 0 spiro atoms. The number of carbonyl (C=O) groups is 2. The Morgan fingerprint density at radius 3 is 2.47 bits per heavy atom. The molecule has 0 fully saturated rings. The lowest BCUT2D eigenvalue weighted by Crippen LogP contribution is -2.33. The molecule has 30 heavy (non-hydrogen) atoms. The number of carbonyl (C=O) groups excluding carboxylic acids is 2.